The van der Waals surface area contributed by atoms with Gasteiger partial charge in [-0.05, 0) is 50.9 Å². The van der Waals surface area contributed by atoms with Crippen molar-refractivity contribution < 1.29 is 9.53 Å². The fourth-order valence-corrected chi connectivity index (χ4v) is 3.34. The predicted molar refractivity (Wildman–Crippen MR) is 98.3 cm³/mol. The van der Waals surface area contributed by atoms with E-state index in [1.165, 1.54) is 0 Å². The average molecular weight is 343 g/mol. The van der Waals surface area contributed by atoms with E-state index < -0.39 is 6.10 Å². The van der Waals surface area contributed by atoms with E-state index in [0.717, 1.165) is 45.6 Å². The lowest BCUT2D eigenvalue weighted by molar-refractivity contribution is -0.139. The molecule has 0 spiro atoms. The number of rotatable bonds is 7. The number of nitriles is 1. The smallest absolute Gasteiger partial charge is 0.263 e. The predicted octanol–water partition coefficient (Wildman–Crippen LogP) is 2.91. The fraction of sp³-hybridized carbons (Fsp3) is 0.600. The van der Waals surface area contributed by atoms with Crippen LogP contribution in [0.3, 0.4) is 0 Å². The summed E-state index contributed by atoms with van der Waals surface area (Å²) < 4.78 is 5.76. The Balaban J connectivity index is 1.86. The highest BCUT2D eigenvalue weighted by Gasteiger charge is 2.27. The van der Waals surface area contributed by atoms with Crippen molar-refractivity contribution in [1.29, 1.82) is 5.26 Å². The number of amides is 1. The minimum absolute atomic E-state index is 0.00836. The summed E-state index contributed by atoms with van der Waals surface area (Å²) in [6.45, 7) is 11.0. The molecule has 1 fully saturated rings. The molecular weight excluding hydrogens is 314 g/mol. The van der Waals surface area contributed by atoms with Gasteiger partial charge in [0.25, 0.3) is 5.91 Å². The molecular formula is C20H29N3O2. The van der Waals surface area contributed by atoms with E-state index in [1.807, 2.05) is 11.0 Å². The van der Waals surface area contributed by atoms with Crippen LogP contribution in [0.4, 0.5) is 0 Å². The normalized spacial score (nSPS) is 16.5. The summed E-state index contributed by atoms with van der Waals surface area (Å²) in [5.74, 6) is 1.15. The van der Waals surface area contributed by atoms with Crippen LogP contribution in [-0.2, 0) is 4.79 Å². The molecule has 1 heterocycles. The summed E-state index contributed by atoms with van der Waals surface area (Å²) in [5, 5.41) is 9.13. The Morgan fingerprint density at radius 2 is 1.96 bits per heavy atom. The summed E-state index contributed by atoms with van der Waals surface area (Å²) in [6.07, 6.45) is 1.52. The Kier molecular flexibility index (Phi) is 7.27. The molecule has 5 nitrogen and oxygen atoms in total. The summed E-state index contributed by atoms with van der Waals surface area (Å²) in [7, 11) is 0. The van der Waals surface area contributed by atoms with Crippen LogP contribution in [0, 0.1) is 17.2 Å². The van der Waals surface area contributed by atoms with E-state index in [-0.39, 0.29) is 5.91 Å². The van der Waals surface area contributed by atoms with Crippen molar-refractivity contribution in [2.24, 2.45) is 5.92 Å². The quantitative estimate of drug-likeness (QED) is 0.764. The van der Waals surface area contributed by atoms with Crippen LogP contribution in [0.25, 0.3) is 0 Å². The van der Waals surface area contributed by atoms with Crippen LogP contribution in [-0.4, -0.2) is 54.5 Å². The fourth-order valence-electron chi connectivity index (χ4n) is 3.34. The Hall–Kier alpha value is -2.06. The SMILES string of the molecule is CCN(CC)CC1CCN(C(=O)C(C)Oc2ccccc2C#N)CC1. The van der Waals surface area contributed by atoms with Crippen molar-refractivity contribution in [1.82, 2.24) is 9.80 Å². The topological polar surface area (TPSA) is 56.6 Å². The third-order valence-electron chi connectivity index (χ3n) is 5.00. The first-order valence-corrected chi connectivity index (χ1v) is 9.25. The van der Waals surface area contributed by atoms with E-state index in [1.54, 1.807) is 25.1 Å². The van der Waals surface area contributed by atoms with Crippen molar-refractivity contribution in [2.75, 3.05) is 32.7 Å². The summed E-state index contributed by atoms with van der Waals surface area (Å²) in [5.41, 5.74) is 0.458. The van der Waals surface area contributed by atoms with Crippen molar-refractivity contribution in [3.8, 4) is 11.8 Å². The maximum Gasteiger partial charge on any atom is 0.263 e. The molecule has 25 heavy (non-hydrogen) atoms. The maximum atomic E-state index is 12.7. The molecule has 1 amide bonds. The van der Waals surface area contributed by atoms with Crippen molar-refractivity contribution in [2.45, 2.75) is 39.7 Å². The highest BCUT2D eigenvalue weighted by atomic mass is 16.5. The van der Waals surface area contributed by atoms with Crippen LogP contribution < -0.4 is 4.74 Å². The van der Waals surface area contributed by atoms with Gasteiger partial charge in [0, 0.05) is 19.6 Å². The molecule has 1 aromatic rings. The third-order valence-corrected chi connectivity index (χ3v) is 5.00. The number of benzene rings is 1. The number of likely N-dealkylation sites (tertiary alicyclic amines) is 1. The van der Waals surface area contributed by atoms with E-state index in [0.29, 0.717) is 17.2 Å². The second-order valence-electron chi connectivity index (χ2n) is 6.62. The lowest BCUT2D eigenvalue weighted by Gasteiger charge is -2.35. The lowest BCUT2D eigenvalue weighted by atomic mass is 9.96. The molecule has 1 aromatic carbocycles. The van der Waals surface area contributed by atoms with Gasteiger partial charge < -0.3 is 14.5 Å². The monoisotopic (exact) mass is 343 g/mol. The van der Waals surface area contributed by atoms with E-state index in [9.17, 15) is 4.79 Å². The number of para-hydroxylation sites is 1. The Labute approximate surface area is 151 Å². The Morgan fingerprint density at radius 3 is 2.56 bits per heavy atom. The summed E-state index contributed by atoms with van der Waals surface area (Å²) >= 11 is 0. The van der Waals surface area contributed by atoms with Crippen LogP contribution in [0.2, 0.25) is 0 Å². The zero-order valence-corrected chi connectivity index (χ0v) is 15.6. The number of ether oxygens (including phenoxy) is 1. The van der Waals surface area contributed by atoms with Gasteiger partial charge in [-0.15, -0.1) is 0 Å². The van der Waals surface area contributed by atoms with Gasteiger partial charge in [0.05, 0.1) is 5.56 Å². The molecule has 0 bridgehead atoms. The molecule has 1 saturated heterocycles. The third kappa shape index (κ3) is 5.20. The largest absolute Gasteiger partial charge is 0.480 e. The van der Waals surface area contributed by atoms with Gasteiger partial charge in [0.1, 0.15) is 11.8 Å². The van der Waals surface area contributed by atoms with Crippen molar-refractivity contribution in [3.05, 3.63) is 29.8 Å². The first kappa shape index (κ1) is 19.3. The molecule has 0 aliphatic carbocycles. The number of hydrogen-bond donors (Lipinski definition) is 0. The molecule has 1 aliphatic heterocycles. The molecule has 5 heteroatoms. The van der Waals surface area contributed by atoms with Gasteiger partial charge in [-0.2, -0.15) is 5.26 Å². The summed E-state index contributed by atoms with van der Waals surface area (Å²) in [4.78, 5) is 17.0. The lowest BCUT2D eigenvalue weighted by Crippen LogP contribution is -2.46. The first-order valence-electron chi connectivity index (χ1n) is 9.25. The number of carbonyl (C=O) groups excluding carboxylic acids is 1. The number of hydrogen-bond acceptors (Lipinski definition) is 4. The van der Waals surface area contributed by atoms with Crippen LogP contribution in [0.15, 0.2) is 24.3 Å². The zero-order valence-electron chi connectivity index (χ0n) is 15.6. The Morgan fingerprint density at radius 1 is 1.32 bits per heavy atom. The second-order valence-corrected chi connectivity index (χ2v) is 6.62. The molecule has 0 N–H and O–H groups in total. The molecule has 0 aromatic heterocycles. The van der Waals surface area contributed by atoms with Crippen LogP contribution >= 0.6 is 0 Å². The zero-order chi connectivity index (χ0) is 18.2. The van der Waals surface area contributed by atoms with Gasteiger partial charge in [0.2, 0.25) is 0 Å². The maximum absolute atomic E-state index is 12.7. The van der Waals surface area contributed by atoms with Crippen molar-refractivity contribution >= 4 is 5.91 Å². The number of piperidine rings is 1. The number of nitrogens with zero attached hydrogens (tertiary/aromatic N) is 3. The second kappa shape index (κ2) is 9.43. The van der Waals surface area contributed by atoms with Gasteiger partial charge in [-0.3, -0.25) is 4.79 Å². The average Bonchev–Trinajstić information content (AvgIpc) is 2.66. The molecule has 1 unspecified atom stereocenters. The Bertz CT molecular complexity index is 599. The molecule has 0 saturated carbocycles. The van der Waals surface area contributed by atoms with Gasteiger partial charge in [-0.1, -0.05) is 26.0 Å². The molecule has 0 radical (unpaired) electrons. The minimum Gasteiger partial charge on any atom is -0.480 e. The highest BCUT2D eigenvalue weighted by Crippen LogP contribution is 2.22. The molecule has 136 valence electrons. The van der Waals surface area contributed by atoms with Crippen LogP contribution in [0.5, 0.6) is 5.75 Å². The standard InChI is InChI=1S/C20H29N3O2/c1-4-22(5-2)15-17-10-12-23(13-11-17)20(24)16(3)25-19-9-7-6-8-18(19)14-21/h6-9,16-17H,4-5,10-13,15H2,1-3H3. The van der Waals surface area contributed by atoms with Gasteiger partial charge >= 0.3 is 0 Å². The first-order chi connectivity index (χ1) is 12.1. The number of carbonyl (C=O) groups is 1. The van der Waals surface area contributed by atoms with E-state index >= 15 is 0 Å². The molecule has 1 aliphatic rings. The van der Waals surface area contributed by atoms with Gasteiger partial charge in [0.15, 0.2) is 6.10 Å². The van der Waals surface area contributed by atoms with E-state index in [4.69, 9.17) is 10.00 Å². The minimum atomic E-state index is -0.575. The molecule has 1 atom stereocenters. The molecule has 2 rings (SSSR count). The van der Waals surface area contributed by atoms with Crippen molar-refractivity contribution in [3.63, 3.8) is 0 Å². The highest BCUT2D eigenvalue weighted by molar-refractivity contribution is 5.81. The van der Waals surface area contributed by atoms with E-state index in [2.05, 4.69) is 24.8 Å². The van der Waals surface area contributed by atoms with Gasteiger partial charge in [-0.25, -0.2) is 0 Å². The summed E-state index contributed by atoms with van der Waals surface area (Å²) in [6, 6.07) is 9.14. The van der Waals surface area contributed by atoms with Crippen LogP contribution in [0.1, 0.15) is 39.2 Å².